The number of aromatic nitrogens is 2. The highest BCUT2D eigenvalue weighted by atomic mass is 19.1. The second-order valence-electron chi connectivity index (χ2n) is 5.52. The van der Waals surface area contributed by atoms with Crippen LogP contribution in [0, 0.1) is 11.7 Å². The Labute approximate surface area is 123 Å². The van der Waals surface area contributed by atoms with Gasteiger partial charge in [0.25, 0.3) is 0 Å². The van der Waals surface area contributed by atoms with Crippen molar-refractivity contribution in [3.8, 4) is 0 Å². The molecule has 4 nitrogen and oxygen atoms in total. The van der Waals surface area contributed by atoms with E-state index >= 15 is 0 Å². The molecule has 1 aromatic carbocycles. The number of nitrogens with zero attached hydrogens (tertiary/aromatic N) is 2. The third-order valence-corrected chi connectivity index (χ3v) is 4.06. The molecule has 0 spiro atoms. The Bertz CT molecular complexity index is 648. The average Bonchev–Trinajstić information content (AvgIpc) is 2.80. The first-order valence-corrected chi connectivity index (χ1v) is 7.18. The molecule has 21 heavy (non-hydrogen) atoms. The summed E-state index contributed by atoms with van der Waals surface area (Å²) in [6, 6.07) is 5.88. The highest BCUT2D eigenvalue weighted by Gasteiger charge is 2.29. The number of benzene rings is 1. The fraction of sp³-hybridized carbons (Fsp3) is 0.375. The summed E-state index contributed by atoms with van der Waals surface area (Å²) in [6.07, 6.45) is 6.46. The molecule has 1 aromatic heterocycles. The normalized spacial score (nSPS) is 16.3. The van der Waals surface area contributed by atoms with Gasteiger partial charge in [0, 0.05) is 25.4 Å². The summed E-state index contributed by atoms with van der Waals surface area (Å²) in [4.78, 5) is 16.6. The van der Waals surface area contributed by atoms with Gasteiger partial charge in [0.15, 0.2) is 0 Å². The van der Waals surface area contributed by atoms with Gasteiger partial charge in [-0.15, -0.1) is 0 Å². The Morgan fingerprint density at radius 2 is 2.29 bits per heavy atom. The number of amides is 1. The number of hydrogen-bond donors (Lipinski definition) is 1. The topological polar surface area (TPSA) is 46.9 Å². The van der Waals surface area contributed by atoms with Gasteiger partial charge in [0.05, 0.1) is 0 Å². The first kappa shape index (κ1) is 13.8. The van der Waals surface area contributed by atoms with Gasteiger partial charge >= 0.3 is 0 Å². The lowest BCUT2D eigenvalue weighted by Gasteiger charge is -2.27. The Morgan fingerprint density at radius 1 is 1.48 bits per heavy atom. The van der Waals surface area contributed by atoms with Gasteiger partial charge in [0.2, 0.25) is 5.91 Å². The van der Waals surface area contributed by atoms with E-state index in [1.165, 1.54) is 12.1 Å². The number of imidazole rings is 1. The van der Waals surface area contributed by atoms with Crippen LogP contribution >= 0.6 is 0 Å². The average molecular weight is 287 g/mol. The van der Waals surface area contributed by atoms with E-state index in [1.54, 1.807) is 12.3 Å². The smallest absolute Gasteiger partial charge is 0.223 e. The molecule has 1 N–H and O–H groups in total. The molecule has 0 aliphatic heterocycles. The van der Waals surface area contributed by atoms with Crippen molar-refractivity contribution >= 4 is 5.91 Å². The van der Waals surface area contributed by atoms with E-state index in [4.69, 9.17) is 0 Å². The zero-order valence-corrected chi connectivity index (χ0v) is 11.9. The second kappa shape index (κ2) is 5.68. The maximum absolute atomic E-state index is 13.5. The van der Waals surface area contributed by atoms with Crippen LogP contribution in [0.15, 0.2) is 36.7 Å². The molecule has 1 aliphatic carbocycles. The minimum Gasteiger partial charge on any atom is -0.342 e. The standard InChI is InChI=1S/C16H18FN3O/c1-20-9-8-18-15(20)14(12-6-3-7-13(17)10-12)19-16(21)11-4-2-5-11/h3,6-11,14H,2,4-5H2,1H3,(H,19,21)/t14-/m0/s1. The van der Waals surface area contributed by atoms with E-state index in [2.05, 4.69) is 10.3 Å². The maximum Gasteiger partial charge on any atom is 0.223 e. The minimum atomic E-state index is -0.422. The molecule has 0 bridgehead atoms. The number of aryl methyl sites for hydroxylation is 1. The van der Waals surface area contributed by atoms with Crippen LogP contribution in [-0.2, 0) is 11.8 Å². The number of carbonyl (C=O) groups excluding carboxylic acids is 1. The number of nitrogens with one attached hydrogen (secondary N) is 1. The van der Waals surface area contributed by atoms with Crippen LogP contribution in [0.3, 0.4) is 0 Å². The van der Waals surface area contributed by atoms with Gasteiger partial charge in [-0.3, -0.25) is 4.79 Å². The molecule has 110 valence electrons. The lowest BCUT2D eigenvalue weighted by molar-refractivity contribution is -0.127. The predicted octanol–water partition coefficient (Wildman–Crippen LogP) is 2.56. The summed E-state index contributed by atoms with van der Waals surface area (Å²) in [5.74, 6) is 0.498. The summed E-state index contributed by atoms with van der Waals surface area (Å²) in [5, 5.41) is 3.02. The van der Waals surface area contributed by atoms with Gasteiger partial charge in [0.1, 0.15) is 17.7 Å². The first-order chi connectivity index (χ1) is 10.1. The molecule has 1 fully saturated rings. The number of rotatable bonds is 4. The van der Waals surface area contributed by atoms with E-state index < -0.39 is 6.04 Å². The Kier molecular flexibility index (Phi) is 3.73. The van der Waals surface area contributed by atoms with E-state index in [-0.39, 0.29) is 17.6 Å². The van der Waals surface area contributed by atoms with Crippen molar-refractivity contribution in [2.45, 2.75) is 25.3 Å². The highest BCUT2D eigenvalue weighted by molar-refractivity contribution is 5.80. The van der Waals surface area contributed by atoms with Crippen LogP contribution in [-0.4, -0.2) is 15.5 Å². The lowest BCUT2D eigenvalue weighted by atomic mass is 9.84. The zero-order chi connectivity index (χ0) is 14.8. The molecule has 0 unspecified atom stereocenters. The van der Waals surface area contributed by atoms with Gasteiger partial charge < -0.3 is 9.88 Å². The molecule has 0 saturated heterocycles. The summed E-state index contributed by atoms with van der Waals surface area (Å²) in [5.41, 5.74) is 0.706. The molecule has 1 heterocycles. The molecule has 1 atom stereocenters. The molecule has 2 aromatic rings. The maximum atomic E-state index is 13.5. The van der Waals surface area contributed by atoms with Gasteiger partial charge in [-0.1, -0.05) is 18.6 Å². The second-order valence-corrected chi connectivity index (χ2v) is 5.52. The van der Waals surface area contributed by atoms with Crippen LogP contribution in [0.4, 0.5) is 4.39 Å². The Hall–Kier alpha value is -2.17. The quantitative estimate of drug-likeness (QED) is 0.939. The summed E-state index contributed by atoms with van der Waals surface area (Å²) in [7, 11) is 1.87. The number of carbonyl (C=O) groups is 1. The van der Waals surface area contributed by atoms with Crippen LogP contribution in [0.25, 0.3) is 0 Å². The van der Waals surface area contributed by atoms with E-state index in [1.807, 2.05) is 23.9 Å². The first-order valence-electron chi connectivity index (χ1n) is 7.18. The molecule has 3 rings (SSSR count). The fourth-order valence-electron chi connectivity index (χ4n) is 2.57. The minimum absolute atomic E-state index is 0.0264. The monoisotopic (exact) mass is 287 g/mol. The summed E-state index contributed by atoms with van der Waals surface area (Å²) < 4.78 is 15.3. The highest BCUT2D eigenvalue weighted by Crippen LogP contribution is 2.28. The van der Waals surface area contributed by atoms with Crippen LogP contribution in [0.5, 0.6) is 0 Å². The van der Waals surface area contributed by atoms with Crippen molar-refractivity contribution in [1.29, 1.82) is 0 Å². The Balaban J connectivity index is 1.91. The van der Waals surface area contributed by atoms with Crippen LogP contribution in [0.2, 0.25) is 0 Å². The lowest BCUT2D eigenvalue weighted by Crippen LogP contribution is -2.38. The van der Waals surface area contributed by atoms with Crippen molar-refractivity contribution in [3.63, 3.8) is 0 Å². The van der Waals surface area contributed by atoms with Gasteiger partial charge in [-0.25, -0.2) is 9.37 Å². The SMILES string of the molecule is Cn1ccnc1[C@@H](NC(=O)C1CCC1)c1cccc(F)c1. The van der Waals surface area contributed by atoms with E-state index in [9.17, 15) is 9.18 Å². The molecule has 5 heteroatoms. The number of halogens is 1. The van der Waals surface area contributed by atoms with E-state index in [0.717, 1.165) is 19.3 Å². The van der Waals surface area contributed by atoms with Crippen molar-refractivity contribution in [3.05, 3.63) is 53.9 Å². The Morgan fingerprint density at radius 3 is 2.86 bits per heavy atom. The third-order valence-electron chi connectivity index (χ3n) is 4.06. The molecule has 1 aliphatic rings. The van der Waals surface area contributed by atoms with E-state index in [0.29, 0.717) is 11.4 Å². The summed E-state index contributed by atoms with van der Waals surface area (Å²) >= 11 is 0. The van der Waals surface area contributed by atoms with Crippen LogP contribution < -0.4 is 5.32 Å². The molecule has 1 saturated carbocycles. The zero-order valence-electron chi connectivity index (χ0n) is 11.9. The van der Waals surface area contributed by atoms with Gasteiger partial charge in [-0.2, -0.15) is 0 Å². The molecular weight excluding hydrogens is 269 g/mol. The molecule has 0 radical (unpaired) electrons. The van der Waals surface area contributed by atoms with Gasteiger partial charge in [-0.05, 0) is 30.5 Å². The fourth-order valence-corrected chi connectivity index (χ4v) is 2.57. The number of hydrogen-bond acceptors (Lipinski definition) is 2. The molecular formula is C16H18FN3O. The van der Waals surface area contributed by atoms with Crippen molar-refractivity contribution in [1.82, 2.24) is 14.9 Å². The van der Waals surface area contributed by atoms with Crippen molar-refractivity contribution in [2.24, 2.45) is 13.0 Å². The van der Waals surface area contributed by atoms with Crippen LogP contribution in [0.1, 0.15) is 36.7 Å². The third kappa shape index (κ3) is 2.82. The molecule has 1 amide bonds. The largest absolute Gasteiger partial charge is 0.342 e. The van der Waals surface area contributed by atoms with Crippen molar-refractivity contribution < 1.29 is 9.18 Å². The predicted molar refractivity (Wildman–Crippen MR) is 76.9 cm³/mol. The van der Waals surface area contributed by atoms with Crippen molar-refractivity contribution in [2.75, 3.05) is 0 Å². The summed E-state index contributed by atoms with van der Waals surface area (Å²) in [6.45, 7) is 0.